The number of hydrogen-bond acceptors (Lipinski definition) is 3. The molecule has 0 N–H and O–H groups in total. The molecule has 0 atom stereocenters. The Morgan fingerprint density at radius 2 is 1.47 bits per heavy atom. The van der Waals surface area contributed by atoms with Crippen LogP contribution in [0.1, 0.15) is 5.56 Å². The number of hydrogen-bond donors (Lipinski definition) is 0. The molecule has 4 heteroatoms. The van der Waals surface area contributed by atoms with E-state index in [9.17, 15) is 0 Å². The average Bonchev–Trinajstić information content (AvgIpc) is 3.21. The molecule has 0 aliphatic heterocycles. The van der Waals surface area contributed by atoms with Crippen LogP contribution in [0.3, 0.4) is 0 Å². The van der Waals surface area contributed by atoms with Crippen molar-refractivity contribution in [2.75, 3.05) is 14.2 Å². The maximum Gasteiger partial charge on any atom is 0.161 e. The van der Waals surface area contributed by atoms with Gasteiger partial charge in [0.15, 0.2) is 11.5 Å². The van der Waals surface area contributed by atoms with Crippen LogP contribution < -0.4 is 9.47 Å². The van der Waals surface area contributed by atoms with Gasteiger partial charge in [-0.15, -0.1) is 0 Å². The van der Waals surface area contributed by atoms with Crippen molar-refractivity contribution in [3.8, 4) is 22.6 Å². The van der Waals surface area contributed by atoms with Gasteiger partial charge in [0, 0.05) is 6.54 Å². The van der Waals surface area contributed by atoms with E-state index in [1.54, 1.807) is 14.2 Å². The van der Waals surface area contributed by atoms with Crippen molar-refractivity contribution in [3.05, 3.63) is 90.8 Å². The van der Waals surface area contributed by atoms with Gasteiger partial charge in [-0.2, -0.15) is 0 Å². The summed E-state index contributed by atoms with van der Waals surface area (Å²) in [7, 11) is 3.31. The third-order valence-electron chi connectivity index (χ3n) is 5.50. The van der Waals surface area contributed by atoms with E-state index in [1.807, 2.05) is 30.6 Å². The van der Waals surface area contributed by atoms with E-state index >= 15 is 0 Å². The molecule has 0 spiro atoms. The van der Waals surface area contributed by atoms with Crippen molar-refractivity contribution >= 4 is 21.8 Å². The van der Waals surface area contributed by atoms with E-state index in [0.717, 1.165) is 40.2 Å². The molecule has 0 saturated carbocycles. The van der Waals surface area contributed by atoms with E-state index in [2.05, 4.69) is 64.1 Å². The SMILES string of the molecule is COc1ccc(-c2ccc3cc(Cn4cnc5ccccc54)ccc3c2)cc1OC. The molecule has 148 valence electrons. The Kier molecular flexibility index (Phi) is 4.60. The van der Waals surface area contributed by atoms with Crippen LogP contribution in [-0.2, 0) is 6.54 Å². The molecular formula is C26H22N2O2. The molecule has 1 aromatic heterocycles. The Bertz CT molecular complexity index is 1350. The van der Waals surface area contributed by atoms with Crippen molar-refractivity contribution in [2.24, 2.45) is 0 Å². The molecule has 0 aliphatic carbocycles. The molecular weight excluding hydrogens is 372 g/mol. The predicted octanol–water partition coefficient (Wildman–Crippen LogP) is 5.92. The molecule has 4 aromatic carbocycles. The quantitative estimate of drug-likeness (QED) is 0.371. The summed E-state index contributed by atoms with van der Waals surface area (Å²) in [5.74, 6) is 1.47. The first-order valence-corrected chi connectivity index (χ1v) is 9.90. The lowest BCUT2D eigenvalue weighted by Gasteiger charge is -2.11. The van der Waals surface area contributed by atoms with Crippen LogP contribution in [0.25, 0.3) is 32.9 Å². The summed E-state index contributed by atoms with van der Waals surface area (Å²) in [5, 5.41) is 2.43. The number of methoxy groups -OCH3 is 2. The maximum absolute atomic E-state index is 5.45. The highest BCUT2D eigenvalue weighted by atomic mass is 16.5. The zero-order chi connectivity index (χ0) is 20.5. The number of ether oxygens (including phenoxy) is 2. The number of benzene rings is 4. The first kappa shape index (κ1) is 18.3. The smallest absolute Gasteiger partial charge is 0.161 e. The monoisotopic (exact) mass is 394 g/mol. The number of aromatic nitrogens is 2. The zero-order valence-electron chi connectivity index (χ0n) is 17.0. The van der Waals surface area contributed by atoms with E-state index in [4.69, 9.17) is 9.47 Å². The molecule has 5 rings (SSSR count). The summed E-state index contributed by atoms with van der Waals surface area (Å²) < 4.78 is 13.0. The van der Waals surface area contributed by atoms with Gasteiger partial charge in [-0.05, 0) is 63.9 Å². The summed E-state index contributed by atoms with van der Waals surface area (Å²) in [5.41, 5.74) is 5.68. The molecule has 1 heterocycles. The second kappa shape index (κ2) is 7.56. The zero-order valence-corrected chi connectivity index (χ0v) is 17.0. The number of imidazole rings is 1. The number of rotatable bonds is 5. The molecule has 0 aliphatic rings. The van der Waals surface area contributed by atoms with Crippen molar-refractivity contribution < 1.29 is 9.47 Å². The third-order valence-corrected chi connectivity index (χ3v) is 5.50. The van der Waals surface area contributed by atoms with Crippen LogP contribution in [0.15, 0.2) is 85.2 Å². The highest BCUT2D eigenvalue weighted by Crippen LogP contribution is 2.33. The lowest BCUT2D eigenvalue weighted by atomic mass is 9.99. The fraction of sp³-hybridized carbons (Fsp3) is 0.115. The summed E-state index contributed by atoms with van der Waals surface area (Å²) in [6.45, 7) is 0.799. The normalized spacial score (nSPS) is 11.1. The molecule has 0 saturated heterocycles. The van der Waals surface area contributed by atoms with Crippen LogP contribution in [0, 0.1) is 0 Å². The highest BCUT2D eigenvalue weighted by Gasteiger charge is 2.08. The first-order valence-electron chi connectivity index (χ1n) is 9.90. The van der Waals surface area contributed by atoms with Gasteiger partial charge in [-0.1, -0.05) is 42.5 Å². The Morgan fingerprint density at radius 3 is 2.33 bits per heavy atom. The van der Waals surface area contributed by atoms with Gasteiger partial charge in [-0.25, -0.2) is 4.98 Å². The minimum atomic E-state index is 0.734. The van der Waals surface area contributed by atoms with Gasteiger partial charge in [0.2, 0.25) is 0 Å². The van der Waals surface area contributed by atoms with Crippen molar-refractivity contribution in [2.45, 2.75) is 6.54 Å². The van der Waals surface area contributed by atoms with Gasteiger partial charge in [0.05, 0.1) is 31.6 Å². The fourth-order valence-corrected chi connectivity index (χ4v) is 3.92. The van der Waals surface area contributed by atoms with Crippen LogP contribution in [-0.4, -0.2) is 23.8 Å². The van der Waals surface area contributed by atoms with Gasteiger partial charge in [0.1, 0.15) is 0 Å². The molecule has 4 nitrogen and oxygen atoms in total. The Balaban J connectivity index is 1.47. The highest BCUT2D eigenvalue weighted by molar-refractivity contribution is 5.88. The number of nitrogens with zero attached hydrogens (tertiary/aromatic N) is 2. The molecule has 5 aromatic rings. The van der Waals surface area contributed by atoms with Gasteiger partial charge >= 0.3 is 0 Å². The largest absolute Gasteiger partial charge is 0.493 e. The van der Waals surface area contributed by atoms with E-state index in [0.29, 0.717) is 0 Å². The topological polar surface area (TPSA) is 36.3 Å². The maximum atomic E-state index is 5.45. The molecule has 0 bridgehead atoms. The van der Waals surface area contributed by atoms with Crippen molar-refractivity contribution in [1.82, 2.24) is 9.55 Å². The minimum Gasteiger partial charge on any atom is -0.493 e. The minimum absolute atomic E-state index is 0.734. The predicted molar refractivity (Wildman–Crippen MR) is 121 cm³/mol. The molecule has 30 heavy (non-hydrogen) atoms. The fourth-order valence-electron chi connectivity index (χ4n) is 3.92. The van der Waals surface area contributed by atoms with Gasteiger partial charge in [-0.3, -0.25) is 0 Å². The van der Waals surface area contributed by atoms with Crippen LogP contribution in [0.4, 0.5) is 0 Å². The van der Waals surface area contributed by atoms with E-state index < -0.39 is 0 Å². The second-order valence-corrected chi connectivity index (χ2v) is 7.33. The standard InChI is InChI=1S/C26H22N2O2/c1-29-25-12-11-22(15-26(25)30-2)21-10-9-19-13-18(7-8-20(19)14-21)16-28-17-27-23-5-3-4-6-24(23)28/h3-15,17H,16H2,1-2H3. The molecule has 0 amide bonds. The van der Waals surface area contributed by atoms with E-state index in [1.165, 1.54) is 16.3 Å². The third kappa shape index (κ3) is 3.26. The molecule has 0 unspecified atom stereocenters. The van der Waals surface area contributed by atoms with Crippen LogP contribution in [0.5, 0.6) is 11.5 Å². The Morgan fingerprint density at radius 1 is 0.733 bits per heavy atom. The van der Waals surface area contributed by atoms with Gasteiger partial charge < -0.3 is 14.0 Å². The number of fused-ring (bicyclic) bond motifs is 2. The summed E-state index contributed by atoms with van der Waals surface area (Å²) in [4.78, 5) is 4.49. The number of para-hydroxylation sites is 2. The second-order valence-electron chi connectivity index (χ2n) is 7.33. The van der Waals surface area contributed by atoms with Gasteiger partial charge in [0.25, 0.3) is 0 Å². The Labute approximate surface area is 175 Å². The Hall–Kier alpha value is -3.79. The van der Waals surface area contributed by atoms with Crippen molar-refractivity contribution in [3.63, 3.8) is 0 Å². The summed E-state index contributed by atoms with van der Waals surface area (Å²) in [6, 6.07) is 27.4. The lowest BCUT2D eigenvalue weighted by Crippen LogP contribution is -1.97. The molecule has 0 radical (unpaired) electrons. The first-order chi connectivity index (χ1) is 14.7. The van der Waals surface area contributed by atoms with Crippen LogP contribution >= 0.6 is 0 Å². The summed E-state index contributed by atoms with van der Waals surface area (Å²) in [6.07, 6.45) is 1.91. The molecule has 0 fully saturated rings. The van der Waals surface area contributed by atoms with E-state index in [-0.39, 0.29) is 0 Å². The lowest BCUT2D eigenvalue weighted by molar-refractivity contribution is 0.355. The van der Waals surface area contributed by atoms with Crippen molar-refractivity contribution in [1.29, 1.82) is 0 Å². The van der Waals surface area contributed by atoms with Crippen LogP contribution in [0.2, 0.25) is 0 Å². The average molecular weight is 394 g/mol. The summed E-state index contributed by atoms with van der Waals surface area (Å²) >= 11 is 0.